The molecule has 1 aromatic heterocycles. The first kappa shape index (κ1) is 21.4. The average molecular weight is 500 g/mol. The van der Waals surface area contributed by atoms with Crippen LogP contribution in [0.4, 0.5) is 13.2 Å². The summed E-state index contributed by atoms with van der Waals surface area (Å²) in [6.07, 6.45) is -4.63. The Balaban J connectivity index is 1.67. The highest BCUT2D eigenvalue weighted by atomic mass is 79.9. The number of alkyl halides is 3. The van der Waals surface area contributed by atoms with Gasteiger partial charge in [0, 0.05) is 49.8 Å². The molecule has 28 heavy (non-hydrogen) atoms. The predicted molar refractivity (Wildman–Crippen MR) is 104 cm³/mol. The number of hydrogen-bond acceptors (Lipinski definition) is 3. The van der Waals surface area contributed by atoms with Crippen LogP contribution in [0.1, 0.15) is 21.7 Å². The second kappa shape index (κ2) is 8.22. The quantitative estimate of drug-likeness (QED) is 0.625. The minimum atomic E-state index is -4.63. The zero-order valence-electron chi connectivity index (χ0n) is 14.7. The predicted octanol–water partition coefficient (Wildman–Crippen LogP) is 4.47. The number of aryl methyl sites for hydroxylation is 1. The van der Waals surface area contributed by atoms with Gasteiger partial charge in [-0.15, -0.1) is 0 Å². The highest BCUT2D eigenvalue weighted by molar-refractivity contribution is 9.10. The maximum absolute atomic E-state index is 13.0. The van der Waals surface area contributed by atoms with Gasteiger partial charge in [-0.05, 0) is 33.6 Å². The molecule has 0 aliphatic carbocycles. The van der Waals surface area contributed by atoms with Crippen molar-refractivity contribution in [1.29, 1.82) is 0 Å². The van der Waals surface area contributed by atoms with Gasteiger partial charge in [-0.1, -0.05) is 29.3 Å². The van der Waals surface area contributed by atoms with Crippen molar-refractivity contribution in [2.24, 2.45) is 7.05 Å². The molecule has 1 saturated heterocycles. The van der Waals surface area contributed by atoms with Gasteiger partial charge in [0.05, 0.1) is 4.47 Å². The lowest BCUT2D eigenvalue weighted by Crippen LogP contribution is -2.48. The standard InChI is InChI=1S/C17H16BrCl2F3N4O/c1-25-14(13(18)15(24-25)17(21,22)23)16(28)27-6-4-26(5-7-27)9-10-2-3-11(19)8-12(10)20/h2-3,8H,4-7,9H2,1H3. The maximum atomic E-state index is 13.0. The summed E-state index contributed by atoms with van der Waals surface area (Å²) in [4.78, 5) is 16.4. The van der Waals surface area contributed by atoms with E-state index in [1.165, 1.54) is 11.9 Å². The average Bonchev–Trinajstić information content (AvgIpc) is 2.92. The summed E-state index contributed by atoms with van der Waals surface area (Å²) in [7, 11) is 1.33. The number of benzene rings is 1. The van der Waals surface area contributed by atoms with Crippen LogP contribution < -0.4 is 0 Å². The van der Waals surface area contributed by atoms with Gasteiger partial charge < -0.3 is 4.90 Å². The molecule has 1 amide bonds. The van der Waals surface area contributed by atoms with Gasteiger partial charge in [-0.25, -0.2) is 0 Å². The van der Waals surface area contributed by atoms with Crippen LogP contribution in [0.5, 0.6) is 0 Å². The van der Waals surface area contributed by atoms with Gasteiger partial charge in [-0.2, -0.15) is 18.3 Å². The molecule has 0 spiro atoms. The normalized spacial score (nSPS) is 15.9. The van der Waals surface area contributed by atoms with E-state index in [1.807, 2.05) is 6.07 Å². The van der Waals surface area contributed by atoms with E-state index in [0.717, 1.165) is 10.2 Å². The fraction of sp³-hybridized carbons (Fsp3) is 0.412. The molecule has 0 unspecified atom stereocenters. The first-order valence-corrected chi connectivity index (χ1v) is 9.88. The van der Waals surface area contributed by atoms with Crippen LogP contribution in [-0.2, 0) is 19.8 Å². The summed E-state index contributed by atoms with van der Waals surface area (Å²) in [6.45, 7) is 2.54. The molecule has 152 valence electrons. The van der Waals surface area contributed by atoms with Crippen LogP contribution in [0.3, 0.4) is 0 Å². The Morgan fingerprint density at radius 2 is 1.86 bits per heavy atom. The van der Waals surface area contributed by atoms with Crippen molar-refractivity contribution in [3.8, 4) is 0 Å². The zero-order chi connectivity index (χ0) is 20.6. The summed E-state index contributed by atoms with van der Waals surface area (Å²) < 4.78 is 39.7. The molecule has 1 fully saturated rings. The van der Waals surface area contributed by atoms with Crippen molar-refractivity contribution in [1.82, 2.24) is 19.6 Å². The number of nitrogens with zero attached hydrogens (tertiary/aromatic N) is 4. The van der Waals surface area contributed by atoms with E-state index in [9.17, 15) is 18.0 Å². The SMILES string of the molecule is Cn1nc(C(F)(F)F)c(Br)c1C(=O)N1CCN(Cc2ccc(Cl)cc2Cl)CC1. The number of hydrogen-bond donors (Lipinski definition) is 0. The Labute approximate surface area is 178 Å². The van der Waals surface area contributed by atoms with Gasteiger partial charge >= 0.3 is 6.18 Å². The zero-order valence-corrected chi connectivity index (χ0v) is 17.8. The number of piperazine rings is 1. The minimum Gasteiger partial charge on any atom is -0.335 e. The van der Waals surface area contributed by atoms with Crippen molar-refractivity contribution in [3.05, 3.63) is 49.7 Å². The van der Waals surface area contributed by atoms with E-state index < -0.39 is 17.8 Å². The van der Waals surface area contributed by atoms with Crippen molar-refractivity contribution < 1.29 is 18.0 Å². The molecular weight excluding hydrogens is 484 g/mol. The third-order valence-corrected chi connectivity index (χ3v) is 5.87. The number of aromatic nitrogens is 2. The third kappa shape index (κ3) is 4.48. The molecule has 0 N–H and O–H groups in total. The second-order valence-corrected chi connectivity index (χ2v) is 8.07. The fourth-order valence-corrected chi connectivity index (χ4v) is 4.26. The maximum Gasteiger partial charge on any atom is 0.436 e. The fourth-order valence-electron chi connectivity index (χ4n) is 3.06. The molecule has 0 atom stereocenters. The van der Waals surface area contributed by atoms with Crippen LogP contribution in [0.25, 0.3) is 0 Å². The van der Waals surface area contributed by atoms with E-state index in [2.05, 4.69) is 25.9 Å². The first-order valence-electron chi connectivity index (χ1n) is 8.33. The van der Waals surface area contributed by atoms with Crippen LogP contribution in [0, 0.1) is 0 Å². The van der Waals surface area contributed by atoms with Crippen molar-refractivity contribution in [3.63, 3.8) is 0 Å². The van der Waals surface area contributed by atoms with Gasteiger partial charge in [-0.3, -0.25) is 14.4 Å². The van der Waals surface area contributed by atoms with Crippen LogP contribution >= 0.6 is 39.1 Å². The minimum absolute atomic E-state index is 0.110. The number of carbonyl (C=O) groups excluding carboxylic acids is 1. The topological polar surface area (TPSA) is 41.4 Å². The molecule has 0 saturated carbocycles. The lowest BCUT2D eigenvalue weighted by Gasteiger charge is -2.35. The van der Waals surface area contributed by atoms with Crippen LogP contribution in [-0.4, -0.2) is 51.7 Å². The molecule has 1 aliphatic heterocycles. The van der Waals surface area contributed by atoms with Crippen molar-refractivity contribution in [2.45, 2.75) is 12.7 Å². The number of carbonyl (C=O) groups is 1. The highest BCUT2D eigenvalue weighted by Crippen LogP contribution is 2.36. The monoisotopic (exact) mass is 498 g/mol. The van der Waals surface area contributed by atoms with E-state index in [4.69, 9.17) is 23.2 Å². The summed E-state index contributed by atoms with van der Waals surface area (Å²) >= 11 is 15.0. The lowest BCUT2D eigenvalue weighted by molar-refractivity contribution is -0.142. The Bertz CT molecular complexity index is 895. The third-order valence-electron chi connectivity index (χ3n) is 4.53. The smallest absolute Gasteiger partial charge is 0.335 e. The van der Waals surface area contributed by atoms with Crippen LogP contribution in [0.15, 0.2) is 22.7 Å². The summed E-state index contributed by atoms with van der Waals surface area (Å²) in [6, 6.07) is 5.30. The first-order chi connectivity index (χ1) is 13.1. The van der Waals surface area contributed by atoms with Gasteiger partial charge in [0.1, 0.15) is 5.69 Å². The molecule has 5 nitrogen and oxygen atoms in total. The number of halogens is 6. The Kier molecular flexibility index (Phi) is 6.29. The molecule has 2 aromatic rings. The molecule has 1 aliphatic rings. The second-order valence-electron chi connectivity index (χ2n) is 6.44. The molecule has 1 aromatic carbocycles. The highest BCUT2D eigenvalue weighted by Gasteiger charge is 2.40. The lowest BCUT2D eigenvalue weighted by atomic mass is 10.2. The molecular formula is C17H16BrCl2F3N4O. The molecule has 0 bridgehead atoms. The largest absolute Gasteiger partial charge is 0.436 e. The molecule has 2 heterocycles. The van der Waals surface area contributed by atoms with Gasteiger partial charge in [0.15, 0.2) is 5.69 Å². The van der Waals surface area contributed by atoms with Crippen molar-refractivity contribution >= 4 is 45.0 Å². The van der Waals surface area contributed by atoms with Crippen LogP contribution in [0.2, 0.25) is 10.0 Å². The van der Waals surface area contributed by atoms with Crippen molar-refractivity contribution in [2.75, 3.05) is 26.2 Å². The molecule has 11 heteroatoms. The Morgan fingerprint density at radius 3 is 2.39 bits per heavy atom. The van der Waals surface area contributed by atoms with Gasteiger partial charge in [0.2, 0.25) is 0 Å². The van der Waals surface area contributed by atoms with E-state index >= 15 is 0 Å². The summed E-state index contributed by atoms with van der Waals surface area (Å²) in [5.74, 6) is -0.485. The summed E-state index contributed by atoms with van der Waals surface area (Å²) in [5.41, 5.74) is -0.286. The molecule has 0 radical (unpaired) electrons. The van der Waals surface area contributed by atoms with E-state index in [1.54, 1.807) is 12.1 Å². The summed E-state index contributed by atoms with van der Waals surface area (Å²) in [5, 5.41) is 4.58. The van der Waals surface area contributed by atoms with E-state index in [0.29, 0.717) is 42.8 Å². The number of rotatable bonds is 3. The van der Waals surface area contributed by atoms with E-state index in [-0.39, 0.29) is 10.2 Å². The number of amides is 1. The molecule has 3 rings (SSSR count). The Hall–Kier alpha value is -1.29. The van der Waals surface area contributed by atoms with Gasteiger partial charge in [0.25, 0.3) is 5.91 Å². The Morgan fingerprint density at radius 1 is 1.21 bits per heavy atom.